The van der Waals surface area contributed by atoms with Crippen LogP contribution in [0.3, 0.4) is 0 Å². The Balaban J connectivity index is 1.33. The number of carbonyl (C=O) groups excluding carboxylic acids is 1. The number of H-pyrrole nitrogens is 1. The molecule has 3 heterocycles. The second-order valence-electron chi connectivity index (χ2n) is 6.44. The van der Waals surface area contributed by atoms with Gasteiger partial charge < -0.3 is 5.32 Å². The van der Waals surface area contributed by atoms with Crippen LogP contribution < -0.4 is 10.9 Å². The number of hydrogen-bond donors (Lipinski definition) is 2. The fourth-order valence-electron chi connectivity index (χ4n) is 2.74. The van der Waals surface area contributed by atoms with E-state index in [2.05, 4.69) is 30.6 Å². The first kappa shape index (κ1) is 20.2. The van der Waals surface area contributed by atoms with E-state index in [1.54, 1.807) is 0 Å². The normalized spacial score (nSPS) is 11.1. The molecular formula is C19H19N7O2S2. The van der Waals surface area contributed by atoms with Gasteiger partial charge in [-0.2, -0.15) is 9.50 Å². The van der Waals surface area contributed by atoms with Crippen molar-refractivity contribution in [1.29, 1.82) is 0 Å². The molecule has 0 bridgehead atoms. The number of nitrogens with one attached hydrogen (secondary N) is 2. The molecule has 0 spiro atoms. The maximum Gasteiger partial charge on any atom is 0.274 e. The van der Waals surface area contributed by atoms with E-state index in [4.69, 9.17) is 0 Å². The quantitative estimate of drug-likeness (QED) is 0.319. The molecule has 0 radical (unpaired) electrons. The largest absolute Gasteiger partial charge is 0.300 e. The van der Waals surface area contributed by atoms with Crippen molar-refractivity contribution in [2.24, 2.45) is 0 Å². The zero-order chi connectivity index (χ0) is 20.9. The number of anilines is 1. The molecular weight excluding hydrogens is 422 g/mol. The average molecular weight is 442 g/mol. The minimum atomic E-state index is -0.202. The lowest BCUT2D eigenvalue weighted by molar-refractivity contribution is -0.116. The number of hydrogen-bond acceptors (Lipinski definition) is 8. The van der Waals surface area contributed by atoms with E-state index in [-0.39, 0.29) is 11.5 Å². The van der Waals surface area contributed by atoms with Crippen molar-refractivity contribution < 1.29 is 4.79 Å². The van der Waals surface area contributed by atoms with Crippen molar-refractivity contribution in [2.75, 3.05) is 5.32 Å². The van der Waals surface area contributed by atoms with Gasteiger partial charge in [0.25, 0.3) is 11.3 Å². The standard InChI is InChI=1S/C19H19N7O2S2/c1-2-14-21-17-20-13(10-16(28)26(17)25-14)11-29-19-24-23-18(30-19)22-15(27)9-8-12-6-4-3-5-7-12/h3-7,10H,2,8-9,11H2,1H3,(H,20,21,25)(H,22,23,27). The molecule has 0 fully saturated rings. The lowest BCUT2D eigenvalue weighted by atomic mass is 10.1. The molecule has 4 rings (SSSR count). The van der Waals surface area contributed by atoms with Crippen LogP contribution in [0.4, 0.5) is 5.13 Å². The van der Waals surface area contributed by atoms with Gasteiger partial charge in [0, 0.05) is 24.7 Å². The number of aromatic amines is 1. The summed E-state index contributed by atoms with van der Waals surface area (Å²) in [6, 6.07) is 11.3. The molecule has 4 aromatic rings. The molecule has 0 saturated carbocycles. The molecule has 0 aliphatic heterocycles. The Bertz CT molecular complexity index is 1220. The Labute approximate surface area is 180 Å². The highest BCUT2D eigenvalue weighted by atomic mass is 32.2. The highest BCUT2D eigenvalue weighted by Gasteiger charge is 2.11. The maximum absolute atomic E-state index is 12.2. The third-order valence-corrected chi connectivity index (χ3v) is 6.25. The lowest BCUT2D eigenvalue weighted by Crippen LogP contribution is -2.15. The van der Waals surface area contributed by atoms with Crippen LogP contribution in [0.1, 0.15) is 30.4 Å². The second kappa shape index (κ2) is 9.18. The van der Waals surface area contributed by atoms with E-state index < -0.39 is 0 Å². The number of thioether (sulfide) groups is 1. The topological polar surface area (TPSA) is 118 Å². The Hall–Kier alpha value is -3.05. The van der Waals surface area contributed by atoms with Crippen LogP contribution in [0.25, 0.3) is 5.78 Å². The molecule has 0 saturated heterocycles. The molecule has 30 heavy (non-hydrogen) atoms. The zero-order valence-electron chi connectivity index (χ0n) is 16.2. The van der Waals surface area contributed by atoms with Gasteiger partial charge in [-0.25, -0.2) is 4.98 Å². The summed E-state index contributed by atoms with van der Waals surface area (Å²) >= 11 is 2.70. The third kappa shape index (κ3) is 4.92. The summed E-state index contributed by atoms with van der Waals surface area (Å²) in [6.45, 7) is 1.95. The first-order valence-corrected chi connectivity index (χ1v) is 11.2. The zero-order valence-corrected chi connectivity index (χ0v) is 17.8. The fourth-order valence-corrected chi connectivity index (χ4v) is 4.40. The SMILES string of the molecule is CCc1nc2nc(CSc3nnc(NC(=O)CCc4ccccc4)s3)cc(=O)n2[nH]1. The molecule has 1 aromatic carbocycles. The number of aryl methyl sites for hydroxylation is 2. The molecule has 11 heteroatoms. The first-order valence-electron chi connectivity index (χ1n) is 9.38. The van der Waals surface area contributed by atoms with Gasteiger partial charge in [0.1, 0.15) is 5.82 Å². The van der Waals surface area contributed by atoms with Crippen LogP contribution in [0, 0.1) is 0 Å². The highest BCUT2D eigenvalue weighted by Crippen LogP contribution is 2.27. The summed E-state index contributed by atoms with van der Waals surface area (Å²) in [5.41, 5.74) is 1.53. The molecule has 2 N–H and O–H groups in total. The summed E-state index contributed by atoms with van der Waals surface area (Å²) in [5.74, 6) is 1.42. The van der Waals surface area contributed by atoms with Crippen LogP contribution in [0.15, 0.2) is 45.5 Å². The van der Waals surface area contributed by atoms with Crippen molar-refractivity contribution in [3.63, 3.8) is 0 Å². The van der Waals surface area contributed by atoms with Crippen molar-refractivity contribution in [3.05, 3.63) is 63.8 Å². The monoisotopic (exact) mass is 441 g/mol. The molecule has 0 unspecified atom stereocenters. The minimum Gasteiger partial charge on any atom is -0.300 e. The van der Waals surface area contributed by atoms with Crippen molar-refractivity contribution in [3.8, 4) is 0 Å². The summed E-state index contributed by atoms with van der Waals surface area (Å²) in [7, 11) is 0. The molecule has 0 atom stereocenters. The van der Waals surface area contributed by atoms with Gasteiger partial charge in [0.05, 0.1) is 5.69 Å². The van der Waals surface area contributed by atoms with Gasteiger partial charge in [0.2, 0.25) is 11.0 Å². The number of benzene rings is 1. The van der Waals surface area contributed by atoms with E-state index in [0.717, 1.165) is 5.56 Å². The summed E-state index contributed by atoms with van der Waals surface area (Å²) < 4.78 is 2.02. The minimum absolute atomic E-state index is 0.100. The summed E-state index contributed by atoms with van der Waals surface area (Å²) in [5, 5.41) is 14.3. The van der Waals surface area contributed by atoms with Gasteiger partial charge in [-0.1, -0.05) is 60.4 Å². The Kier molecular flexibility index (Phi) is 6.19. The predicted molar refractivity (Wildman–Crippen MR) is 116 cm³/mol. The predicted octanol–water partition coefficient (Wildman–Crippen LogP) is 2.70. The third-order valence-electron chi connectivity index (χ3n) is 4.24. The van der Waals surface area contributed by atoms with Crippen LogP contribution in [0.5, 0.6) is 0 Å². The van der Waals surface area contributed by atoms with Gasteiger partial charge in [0.15, 0.2) is 4.34 Å². The van der Waals surface area contributed by atoms with E-state index in [9.17, 15) is 9.59 Å². The number of carbonyl (C=O) groups is 1. The van der Waals surface area contributed by atoms with E-state index >= 15 is 0 Å². The molecule has 0 aliphatic rings. The smallest absolute Gasteiger partial charge is 0.274 e. The van der Waals surface area contributed by atoms with E-state index in [1.807, 2.05) is 37.3 Å². The second-order valence-corrected chi connectivity index (χ2v) is 8.64. The van der Waals surface area contributed by atoms with E-state index in [1.165, 1.54) is 33.7 Å². The van der Waals surface area contributed by atoms with Crippen LogP contribution in [0.2, 0.25) is 0 Å². The van der Waals surface area contributed by atoms with Crippen LogP contribution in [-0.4, -0.2) is 35.7 Å². The van der Waals surface area contributed by atoms with Crippen molar-refractivity contribution in [1.82, 2.24) is 29.8 Å². The summed E-state index contributed by atoms with van der Waals surface area (Å²) in [4.78, 5) is 33.0. The Morgan fingerprint density at radius 1 is 1.23 bits per heavy atom. The number of amides is 1. The number of nitrogens with zero attached hydrogens (tertiary/aromatic N) is 5. The maximum atomic E-state index is 12.2. The van der Waals surface area contributed by atoms with Crippen molar-refractivity contribution >= 4 is 39.9 Å². The highest BCUT2D eigenvalue weighted by molar-refractivity contribution is 8.00. The summed E-state index contributed by atoms with van der Waals surface area (Å²) in [6.07, 6.45) is 1.74. The Morgan fingerprint density at radius 3 is 2.87 bits per heavy atom. The molecule has 154 valence electrons. The number of rotatable bonds is 8. The van der Waals surface area contributed by atoms with Gasteiger partial charge in [-0.05, 0) is 12.0 Å². The number of aromatic nitrogens is 6. The fraction of sp³-hybridized carbons (Fsp3) is 0.263. The molecule has 3 aromatic heterocycles. The van der Waals surface area contributed by atoms with Crippen LogP contribution in [-0.2, 0) is 23.4 Å². The average Bonchev–Trinajstić information content (AvgIpc) is 3.38. The van der Waals surface area contributed by atoms with Crippen LogP contribution >= 0.6 is 23.1 Å². The molecule has 9 nitrogen and oxygen atoms in total. The van der Waals surface area contributed by atoms with Gasteiger partial charge in [-0.3, -0.25) is 14.7 Å². The van der Waals surface area contributed by atoms with Gasteiger partial charge in [-0.15, -0.1) is 10.2 Å². The molecule has 0 aliphatic carbocycles. The Morgan fingerprint density at radius 2 is 2.07 bits per heavy atom. The number of fused-ring (bicyclic) bond motifs is 1. The first-order chi connectivity index (χ1) is 14.6. The van der Waals surface area contributed by atoms with E-state index in [0.29, 0.717) is 51.8 Å². The van der Waals surface area contributed by atoms with Crippen molar-refractivity contribution in [2.45, 2.75) is 36.3 Å². The lowest BCUT2D eigenvalue weighted by Gasteiger charge is -2.01. The molecule has 1 amide bonds. The van der Waals surface area contributed by atoms with Gasteiger partial charge >= 0.3 is 0 Å².